The number of carbonyl (C=O) groups excluding carboxylic acids is 1. The van der Waals surface area contributed by atoms with Gasteiger partial charge in [-0.15, -0.1) is 0 Å². The SMILES string of the molecule is C=C(C)COc1cccc(C(=O)Nc2ccc(S(=O)(=O)Nc3ccccc3F)cc2)c1. The molecule has 0 aliphatic carbocycles. The third-order valence-electron chi connectivity index (χ3n) is 4.12. The van der Waals surface area contributed by atoms with E-state index in [1.807, 2.05) is 6.92 Å². The molecule has 3 rings (SSSR count). The Kier molecular flexibility index (Phi) is 6.71. The molecule has 0 aliphatic heterocycles. The number of carbonyl (C=O) groups is 1. The van der Waals surface area contributed by atoms with Crippen LogP contribution < -0.4 is 14.8 Å². The lowest BCUT2D eigenvalue weighted by atomic mass is 10.2. The number of benzene rings is 3. The Hall–Kier alpha value is -3.65. The van der Waals surface area contributed by atoms with Crippen LogP contribution in [0.3, 0.4) is 0 Å². The molecular formula is C23H21FN2O4S. The van der Waals surface area contributed by atoms with Crippen molar-refractivity contribution in [1.29, 1.82) is 0 Å². The van der Waals surface area contributed by atoms with E-state index in [1.54, 1.807) is 24.3 Å². The van der Waals surface area contributed by atoms with Gasteiger partial charge in [0.15, 0.2) is 0 Å². The summed E-state index contributed by atoms with van der Waals surface area (Å²) in [6, 6.07) is 17.7. The zero-order valence-corrected chi connectivity index (χ0v) is 17.6. The fourth-order valence-corrected chi connectivity index (χ4v) is 3.67. The van der Waals surface area contributed by atoms with Gasteiger partial charge in [0.1, 0.15) is 18.2 Å². The summed E-state index contributed by atoms with van der Waals surface area (Å²) in [4.78, 5) is 12.4. The third kappa shape index (κ3) is 5.93. The van der Waals surface area contributed by atoms with Gasteiger partial charge in [-0.05, 0) is 67.1 Å². The number of amides is 1. The first-order chi connectivity index (χ1) is 14.7. The molecule has 0 heterocycles. The molecule has 8 heteroatoms. The molecule has 31 heavy (non-hydrogen) atoms. The highest BCUT2D eigenvalue weighted by atomic mass is 32.2. The predicted molar refractivity (Wildman–Crippen MR) is 118 cm³/mol. The Morgan fingerprint density at radius 3 is 2.42 bits per heavy atom. The van der Waals surface area contributed by atoms with Gasteiger partial charge in [0.05, 0.1) is 10.6 Å². The molecule has 0 bridgehead atoms. The minimum atomic E-state index is -3.98. The highest BCUT2D eigenvalue weighted by molar-refractivity contribution is 7.92. The van der Waals surface area contributed by atoms with Crippen LogP contribution >= 0.6 is 0 Å². The summed E-state index contributed by atoms with van der Waals surface area (Å²) < 4.78 is 46.4. The van der Waals surface area contributed by atoms with Crippen molar-refractivity contribution >= 4 is 27.3 Å². The van der Waals surface area contributed by atoms with Gasteiger partial charge < -0.3 is 10.1 Å². The number of ether oxygens (including phenoxy) is 1. The van der Waals surface area contributed by atoms with Gasteiger partial charge in [-0.1, -0.05) is 24.8 Å². The Balaban J connectivity index is 1.69. The van der Waals surface area contributed by atoms with Gasteiger partial charge in [-0.2, -0.15) is 0 Å². The summed E-state index contributed by atoms with van der Waals surface area (Å²) in [6.07, 6.45) is 0. The summed E-state index contributed by atoms with van der Waals surface area (Å²) in [5.74, 6) is -0.512. The van der Waals surface area contributed by atoms with Crippen molar-refractivity contribution in [3.8, 4) is 5.75 Å². The maximum atomic E-state index is 13.7. The molecule has 0 saturated carbocycles. The lowest BCUT2D eigenvalue weighted by Crippen LogP contribution is -2.15. The Bertz CT molecular complexity index is 1210. The second kappa shape index (κ2) is 9.44. The van der Waals surface area contributed by atoms with Crippen molar-refractivity contribution in [1.82, 2.24) is 0 Å². The molecule has 160 valence electrons. The maximum absolute atomic E-state index is 13.7. The molecule has 0 saturated heterocycles. The van der Waals surface area contributed by atoms with E-state index >= 15 is 0 Å². The summed E-state index contributed by atoms with van der Waals surface area (Å²) in [6.45, 7) is 5.95. The number of hydrogen-bond donors (Lipinski definition) is 2. The lowest BCUT2D eigenvalue weighted by Gasteiger charge is -2.11. The fourth-order valence-electron chi connectivity index (χ4n) is 2.60. The van der Waals surface area contributed by atoms with Gasteiger partial charge in [0.2, 0.25) is 0 Å². The van der Waals surface area contributed by atoms with E-state index in [-0.39, 0.29) is 16.5 Å². The zero-order chi connectivity index (χ0) is 22.4. The van der Waals surface area contributed by atoms with Crippen LogP contribution in [0.15, 0.2) is 89.8 Å². The van der Waals surface area contributed by atoms with Crippen molar-refractivity contribution < 1.29 is 22.3 Å². The van der Waals surface area contributed by atoms with Gasteiger partial charge in [-0.25, -0.2) is 12.8 Å². The van der Waals surface area contributed by atoms with Crippen LogP contribution in [0, 0.1) is 5.82 Å². The number of para-hydroxylation sites is 1. The molecule has 1 amide bonds. The zero-order valence-electron chi connectivity index (χ0n) is 16.8. The van der Waals surface area contributed by atoms with Crippen LogP contribution in [-0.4, -0.2) is 20.9 Å². The molecule has 0 aliphatic rings. The minimum absolute atomic E-state index is 0.0658. The number of halogens is 1. The predicted octanol–water partition coefficient (Wildman–Crippen LogP) is 4.83. The van der Waals surface area contributed by atoms with Crippen LogP contribution in [0.25, 0.3) is 0 Å². The summed E-state index contributed by atoms with van der Waals surface area (Å²) >= 11 is 0. The minimum Gasteiger partial charge on any atom is -0.489 e. The van der Waals surface area contributed by atoms with Crippen molar-refractivity contribution in [2.45, 2.75) is 11.8 Å². The summed E-state index contributed by atoms with van der Waals surface area (Å²) in [5, 5.41) is 2.70. The van der Waals surface area contributed by atoms with E-state index < -0.39 is 15.8 Å². The van der Waals surface area contributed by atoms with Gasteiger partial charge in [0.25, 0.3) is 15.9 Å². The van der Waals surface area contributed by atoms with Crippen LogP contribution in [0.1, 0.15) is 17.3 Å². The molecule has 0 spiro atoms. The van der Waals surface area contributed by atoms with Gasteiger partial charge in [-0.3, -0.25) is 9.52 Å². The Morgan fingerprint density at radius 2 is 1.74 bits per heavy atom. The summed E-state index contributed by atoms with van der Waals surface area (Å²) in [7, 11) is -3.98. The first-order valence-corrected chi connectivity index (χ1v) is 10.8. The lowest BCUT2D eigenvalue weighted by molar-refractivity contribution is 0.102. The molecule has 6 nitrogen and oxygen atoms in total. The largest absolute Gasteiger partial charge is 0.489 e. The summed E-state index contributed by atoms with van der Waals surface area (Å²) in [5.41, 5.74) is 1.50. The monoisotopic (exact) mass is 440 g/mol. The van der Waals surface area contributed by atoms with Crippen molar-refractivity contribution in [2.24, 2.45) is 0 Å². The fraction of sp³-hybridized carbons (Fsp3) is 0.0870. The second-order valence-electron chi connectivity index (χ2n) is 6.84. The van der Waals surface area contributed by atoms with Crippen molar-refractivity contribution in [2.75, 3.05) is 16.6 Å². The number of rotatable bonds is 8. The standard InChI is InChI=1S/C23H21FN2O4S/c1-16(2)15-30-19-7-5-6-17(14-19)23(27)25-18-10-12-20(13-11-18)31(28,29)26-22-9-4-3-8-21(22)24/h3-14,26H,1,15H2,2H3,(H,25,27). The normalized spacial score (nSPS) is 10.9. The van der Waals surface area contributed by atoms with Crippen LogP contribution in [0.5, 0.6) is 5.75 Å². The smallest absolute Gasteiger partial charge is 0.261 e. The first-order valence-electron chi connectivity index (χ1n) is 9.30. The second-order valence-corrected chi connectivity index (χ2v) is 8.52. The van der Waals surface area contributed by atoms with E-state index in [2.05, 4.69) is 16.6 Å². The van der Waals surface area contributed by atoms with Crippen LogP contribution in [0.2, 0.25) is 0 Å². The molecule has 2 N–H and O–H groups in total. The van der Waals surface area contributed by atoms with Crippen LogP contribution in [-0.2, 0) is 10.0 Å². The van der Waals surface area contributed by atoms with Gasteiger partial charge in [0, 0.05) is 11.3 Å². The van der Waals surface area contributed by atoms with Gasteiger partial charge >= 0.3 is 0 Å². The molecule has 0 fully saturated rings. The average molecular weight is 440 g/mol. The highest BCUT2D eigenvalue weighted by Crippen LogP contribution is 2.21. The maximum Gasteiger partial charge on any atom is 0.261 e. The molecule has 0 radical (unpaired) electrons. The molecule has 3 aromatic carbocycles. The molecule has 0 atom stereocenters. The topological polar surface area (TPSA) is 84.5 Å². The number of hydrogen-bond acceptors (Lipinski definition) is 4. The Labute approximate surface area is 180 Å². The van der Waals surface area contributed by atoms with Crippen molar-refractivity contribution in [3.05, 3.63) is 96.3 Å². The average Bonchev–Trinajstić information content (AvgIpc) is 2.74. The molecule has 0 unspecified atom stereocenters. The van der Waals surface area contributed by atoms with E-state index in [0.29, 0.717) is 23.6 Å². The van der Waals surface area contributed by atoms with Crippen LogP contribution in [0.4, 0.5) is 15.8 Å². The number of sulfonamides is 1. The van der Waals surface area contributed by atoms with E-state index in [0.717, 1.165) is 11.6 Å². The molecular weight excluding hydrogens is 419 g/mol. The number of anilines is 2. The van der Waals surface area contributed by atoms with Crippen molar-refractivity contribution in [3.63, 3.8) is 0 Å². The van der Waals surface area contributed by atoms with E-state index in [1.165, 1.54) is 42.5 Å². The first kappa shape index (κ1) is 22.0. The van der Waals surface area contributed by atoms with E-state index in [9.17, 15) is 17.6 Å². The van der Waals surface area contributed by atoms with E-state index in [4.69, 9.17) is 4.74 Å². The molecule has 0 aromatic heterocycles. The quantitative estimate of drug-likeness (QED) is 0.491. The Morgan fingerprint density at radius 1 is 1.03 bits per heavy atom. The number of nitrogens with one attached hydrogen (secondary N) is 2. The third-order valence-corrected chi connectivity index (χ3v) is 5.50. The molecule has 3 aromatic rings. The highest BCUT2D eigenvalue weighted by Gasteiger charge is 2.16.